The van der Waals surface area contributed by atoms with Crippen molar-refractivity contribution in [1.82, 2.24) is 4.90 Å². The predicted molar refractivity (Wildman–Crippen MR) is 96.2 cm³/mol. The number of methoxy groups -OCH3 is 1. The lowest BCUT2D eigenvalue weighted by Gasteiger charge is -2.35. The second kappa shape index (κ2) is 7.49. The van der Waals surface area contributed by atoms with Crippen LogP contribution in [0.15, 0.2) is 48.5 Å². The smallest absolute Gasteiger partial charge is 0.254 e. The Kier molecular flexibility index (Phi) is 5.16. The lowest BCUT2D eigenvalue weighted by Crippen LogP contribution is -2.47. The summed E-state index contributed by atoms with van der Waals surface area (Å²) < 4.78 is 5.48. The van der Waals surface area contributed by atoms with Gasteiger partial charge in [-0.05, 0) is 43.0 Å². The van der Waals surface area contributed by atoms with Crippen LogP contribution in [0.2, 0.25) is 0 Å². The number of hydrogen-bond acceptors (Lipinski definition) is 3. The highest BCUT2D eigenvalue weighted by Gasteiger charge is 2.26. The molecular formula is C20H24N2O2. The summed E-state index contributed by atoms with van der Waals surface area (Å²) in [4.78, 5) is 14.9. The van der Waals surface area contributed by atoms with Gasteiger partial charge in [-0.15, -0.1) is 0 Å². The molecule has 1 heterocycles. The fraction of sp³-hybridized carbons (Fsp3) is 0.350. The molecule has 0 aliphatic carbocycles. The molecule has 1 aliphatic heterocycles. The van der Waals surface area contributed by atoms with E-state index < -0.39 is 0 Å². The molecular weight excluding hydrogens is 300 g/mol. The van der Waals surface area contributed by atoms with Crippen molar-refractivity contribution in [2.75, 3.05) is 20.2 Å². The number of benzene rings is 2. The molecule has 2 N–H and O–H groups in total. The number of ether oxygens (including phenoxy) is 1. The Hall–Kier alpha value is -2.33. The van der Waals surface area contributed by atoms with E-state index in [1.807, 2.05) is 53.4 Å². The molecule has 0 bridgehead atoms. The van der Waals surface area contributed by atoms with Gasteiger partial charge in [-0.3, -0.25) is 4.79 Å². The van der Waals surface area contributed by atoms with Crippen molar-refractivity contribution in [2.24, 2.45) is 5.73 Å². The molecule has 0 radical (unpaired) electrons. The third kappa shape index (κ3) is 3.29. The van der Waals surface area contributed by atoms with Gasteiger partial charge in [0.05, 0.1) is 7.11 Å². The van der Waals surface area contributed by atoms with E-state index in [1.165, 1.54) is 0 Å². The minimum absolute atomic E-state index is 0.0602. The van der Waals surface area contributed by atoms with Crippen molar-refractivity contribution in [3.8, 4) is 16.9 Å². The van der Waals surface area contributed by atoms with Gasteiger partial charge in [0.1, 0.15) is 5.75 Å². The van der Waals surface area contributed by atoms with Gasteiger partial charge < -0.3 is 15.4 Å². The second-order valence-corrected chi connectivity index (χ2v) is 6.16. The van der Waals surface area contributed by atoms with E-state index in [4.69, 9.17) is 10.5 Å². The number of likely N-dealkylation sites (tertiary alicyclic amines) is 1. The maximum atomic E-state index is 13.0. The van der Waals surface area contributed by atoms with Crippen LogP contribution in [0.4, 0.5) is 0 Å². The summed E-state index contributed by atoms with van der Waals surface area (Å²) in [5.74, 6) is 0.830. The molecule has 0 spiro atoms. The van der Waals surface area contributed by atoms with Crippen molar-refractivity contribution in [1.29, 1.82) is 0 Å². The number of carbonyl (C=O) groups excluding carboxylic acids is 1. The molecule has 2 aromatic carbocycles. The Morgan fingerprint density at radius 1 is 1.21 bits per heavy atom. The molecule has 1 fully saturated rings. The quantitative estimate of drug-likeness (QED) is 0.938. The topological polar surface area (TPSA) is 55.6 Å². The lowest BCUT2D eigenvalue weighted by atomic mass is 9.98. The maximum Gasteiger partial charge on any atom is 0.254 e. The number of nitrogens with zero attached hydrogens (tertiary/aromatic N) is 1. The first-order valence-corrected chi connectivity index (χ1v) is 8.49. The number of carbonyl (C=O) groups is 1. The fourth-order valence-corrected chi connectivity index (χ4v) is 3.36. The minimum Gasteiger partial charge on any atom is -0.496 e. The zero-order valence-electron chi connectivity index (χ0n) is 14.1. The van der Waals surface area contributed by atoms with Crippen molar-refractivity contribution in [3.05, 3.63) is 54.1 Å². The standard InChI is InChI=1S/C20H24N2O2/c1-24-19-11-10-16(13-18(19)15-7-3-2-4-8-15)20(23)22-12-6-5-9-17(22)14-21/h2-4,7-8,10-11,13,17H,5-6,9,12,14,21H2,1H3. The summed E-state index contributed by atoms with van der Waals surface area (Å²) in [5, 5.41) is 0. The van der Waals surface area contributed by atoms with Gasteiger partial charge >= 0.3 is 0 Å². The highest BCUT2D eigenvalue weighted by Crippen LogP contribution is 2.31. The molecule has 4 heteroatoms. The molecule has 1 atom stereocenters. The molecule has 24 heavy (non-hydrogen) atoms. The average molecular weight is 324 g/mol. The van der Waals surface area contributed by atoms with Crippen molar-refractivity contribution in [2.45, 2.75) is 25.3 Å². The molecule has 1 amide bonds. The SMILES string of the molecule is COc1ccc(C(=O)N2CCCCC2CN)cc1-c1ccccc1. The van der Waals surface area contributed by atoms with E-state index >= 15 is 0 Å². The van der Waals surface area contributed by atoms with Crippen LogP contribution in [0.5, 0.6) is 5.75 Å². The molecule has 1 unspecified atom stereocenters. The number of hydrogen-bond donors (Lipinski definition) is 1. The highest BCUT2D eigenvalue weighted by atomic mass is 16.5. The fourth-order valence-electron chi connectivity index (χ4n) is 3.36. The minimum atomic E-state index is 0.0602. The highest BCUT2D eigenvalue weighted by molar-refractivity contribution is 5.96. The molecule has 1 aliphatic rings. The first-order valence-electron chi connectivity index (χ1n) is 8.49. The van der Waals surface area contributed by atoms with E-state index in [9.17, 15) is 4.79 Å². The zero-order chi connectivity index (χ0) is 16.9. The van der Waals surface area contributed by atoms with E-state index in [1.54, 1.807) is 7.11 Å². The van der Waals surface area contributed by atoms with Crippen LogP contribution in [-0.4, -0.2) is 37.0 Å². The van der Waals surface area contributed by atoms with Crippen LogP contribution in [0, 0.1) is 0 Å². The monoisotopic (exact) mass is 324 g/mol. The van der Waals surface area contributed by atoms with Gasteiger partial charge in [0.25, 0.3) is 5.91 Å². The van der Waals surface area contributed by atoms with Crippen LogP contribution in [-0.2, 0) is 0 Å². The Bertz CT molecular complexity index is 700. The first kappa shape index (κ1) is 16.5. The van der Waals surface area contributed by atoms with Gasteiger partial charge in [-0.2, -0.15) is 0 Å². The molecule has 4 nitrogen and oxygen atoms in total. The van der Waals surface area contributed by atoms with Crippen LogP contribution < -0.4 is 10.5 Å². The number of amides is 1. The molecule has 1 saturated heterocycles. The summed E-state index contributed by atoms with van der Waals surface area (Å²) in [6.07, 6.45) is 3.18. The summed E-state index contributed by atoms with van der Waals surface area (Å²) >= 11 is 0. The van der Waals surface area contributed by atoms with Gasteiger partial charge in [-0.1, -0.05) is 30.3 Å². The Morgan fingerprint density at radius 3 is 2.71 bits per heavy atom. The van der Waals surface area contributed by atoms with Crippen LogP contribution in [0.1, 0.15) is 29.6 Å². The lowest BCUT2D eigenvalue weighted by molar-refractivity contribution is 0.0623. The molecule has 3 rings (SSSR count). The Balaban J connectivity index is 1.95. The average Bonchev–Trinajstić information content (AvgIpc) is 2.67. The van der Waals surface area contributed by atoms with Crippen LogP contribution in [0.3, 0.4) is 0 Å². The summed E-state index contributed by atoms with van der Waals surface area (Å²) in [7, 11) is 1.65. The normalized spacial score (nSPS) is 17.6. The Morgan fingerprint density at radius 2 is 2.00 bits per heavy atom. The molecule has 0 aromatic heterocycles. The van der Waals surface area contributed by atoms with Crippen LogP contribution in [0.25, 0.3) is 11.1 Å². The van der Waals surface area contributed by atoms with Gasteiger partial charge in [-0.25, -0.2) is 0 Å². The van der Waals surface area contributed by atoms with Crippen molar-refractivity contribution in [3.63, 3.8) is 0 Å². The molecule has 126 valence electrons. The Labute approximate surface area is 143 Å². The van der Waals surface area contributed by atoms with Gasteiger partial charge in [0.15, 0.2) is 0 Å². The molecule has 0 saturated carbocycles. The van der Waals surface area contributed by atoms with Crippen molar-refractivity contribution >= 4 is 5.91 Å². The van der Waals surface area contributed by atoms with Crippen LogP contribution >= 0.6 is 0 Å². The number of piperidine rings is 1. The van der Waals surface area contributed by atoms with Gasteiger partial charge in [0.2, 0.25) is 0 Å². The predicted octanol–water partition coefficient (Wildman–Crippen LogP) is 3.32. The third-order valence-corrected chi connectivity index (χ3v) is 4.69. The van der Waals surface area contributed by atoms with E-state index in [0.717, 1.165) is 42.7 Å². The van der Waals surface area contributed by atoms with E-state index in [0.29, 0.717) is 12.1 Å². The number of nitrogens with two attached hydrogens (primary N) is 1. The summed E-state index contributed by atoms with van der Waals surface area (Å²) in [5.41, 5.74) is 8.53. The maximum absolute atomic E-state index is 13.0. The molecule has 2 aromatic rings. The zero-order valence-corrected chi connectivity index (χ0v) is 14.1. The largest absolute Gasteiger partial charge is 0.496 e. The van der Waals surface area contributed by atoms with Crippen molar-refractivity contribution < 1.29 is 9.53 Å². The summed E-state index contributed by atoms with van der Waals surface area (Å²) in [6.45, 7) is 1.31. The van der Waals surface area contributed by atoms with E-state index in [2.05, 4.69) is 0 Å². The first-order chi connectivity index (χ1) is 11.7. The third-order valence-electron chi connectivity index (χ3n) is 4.69. The number of rotatable bonds is 4. The van der Waals surface area contributed by atoms with E-state index in [-0.39, 0.29) is 11.9 Å². The summed E-state index contributed by atoms with van der Waals surface area (Å²) in [6, 6.07) is 15.8. The second-order valence-electron chi connectivity index (χ2n) is 6.16. The van der Waals surface area contributed by atoms with Gasteiger partial charge in [0, 0.05) is 30.3 Å².